The van der Waals surface area contributed by atoms with Gasteiger partial charge in [-0.1, -0.05) is 0 Å². The van der Waals surface area contributed by atoms with E-state index in [0.29, 0.717) is 30.4 Å². The van der Waals surface area contributed by atoms with Crippen molar-refractivity contribution in [3.8, 4) is 17.9 Å². The number of benzene rings is 3. The van der Waals surface area contributed by atoms with Crippen LogP contribution in [0, 0.1) is 22.7 Å². The number of alkyl halides is 3. The van der Waals surface area contributed by atoms with E-state index >= 15 is 0 Å². The predicted molar refractivity (Wildman–Crippen MR) is 135 cm³/mol. The lowest BCUT2D eigenvalue weighted by atomic mass is 9.88. The molecule has 1 aliphatic rings. The molecular formula is C27H21F3N4O4S. The van der Waals surface area contributed by atoms with E-state index in [-0.39, 0.29) is 4.90 Å². The van der Waals surface area contributed by atoms with E-state index in [2.05, 4.69) is 21.6 Å². The van der Waals surface area contributed by atoms with Crippen LogP contribution >= 0.6 is 0 Å². The Morgan fingerprint density at radius 3 is 2.00 bits per heavy atom. The second-order valence-corrected chi connectivity index (χ2v) is 11.0. The smallest absolute Gasteiger partial charge is 0.406 e. The number of nitrogens with zero attached hydrogens (tertiary/aromatic N) is 3. The Balaban J connectivity index is 1.48. The molecule has 1 heterocycles. The second-order valence-electron chi connectivity index (χ2n) is 9.29. The van der Waals surface area contributed by atoms with E-state index in [1.807, 2.05) is 4.57 Å². The lowest BCUT2D eigenvalue weighted by Crippen LogP contribution is -2.49. The highest BCUT2D eigenvalue weighted by molar-refractivity contribution is 7.89. The van der Waals surface area contributed by atoms with E-state index in [0.717, 1.165) is 46.1 Å². The van der Waals surface area contributed by atoms with Gasteiger partial charge in [0.25, 0.3) is 0 Å². The van der Waals surface area contributed by atoms with Crippen molar-refractivity contribution >= 4 is 31.8 Å². The van der Waals surface area contributed by atoms with Crippen LogP contribution in [-0.4, -0.2) is 36.6 Å². The number of rotatable bonds is 5. The second kappa shape index (κ2) is 9.89. The molecule has 0 saturated heterocycles. The fourth-order valence-corrected chi connectivity index (χ4v) is 6.49. The Labute approximate surface area is 221 Å². The average molecular weight is 555 g/mol. The summed E-state index contributed by atoms with van der Waals surface area (Å²) in [6.45, 7) is 0. The van der Waals surface area contributed by atoms with Crippen LogP contribution in [0.15, 0.2) is 65.6 Å². The van der Waals surface area contributed by atoms with Crippen LogP contribution in [0.25, 0.3) is 21.8 Å². The number of fused-ring (bicyclic) bond motifs is 3. The van der Waals surface area contributed by atoms with Gasteiger partial charge in [-0.3, -0.25) is 0 Å². The van der Waals surface area contributed by atoms with E-state index in [1.165, 1.54) is 0 Å². The van der Waals surface area contributed by atoms with Crippen LogP contribution in [0.5, 0.6) is 5.75 Å². The molecule has 3 atom stereocenters. The molecule has 0 aliphatic heterocycles. The summed E-state index contributed by atoms with van der Waals surface area (Å²) in [6.07, 6.45) is -4.58. The molecular weight excluding hydrogens is 533 g/mol. The first-order valence-electron chi connectivity index (χ1n) is 11.9. The summed E-state index contributed by atoms with van der Waals surface area (Å²) >= 11 is 0. The molecule has 2 N–H and O–H groups in total. The lowest BCUT2D eigenvalue weighted by Gasteiger charge is -2.36. The van der Waals surface area contributed by atoms with Crippen LogP contribution in [0.2, 0.25) is 0 Å². The Bertz CT molecular complexity index is 1680. The van der Waals surface area contributed by atoms with Crippen molar-refractivity contribution in [3.05, 3.63) is 71.8 Å². The number of aliphatic hydroxyl groups is 1. The summed E-state index contributed by atoms with van der Waals surface area (Å²) in [7, 11) is -4.18. The van der Waals surface area contributed by atoms with Gasteiger partial charge in [-0.15, -0.1) is 13.2 Å². The predicted octanol–water partition coefficient (Wildman–Crippen LogP) is 4.87. The van der Waals surface area contributed by atoms with Crippen molar-refractivity contribution in [2.45, 2.75) is 48.7 Å². The van der Waals surface area contributed by atoms with Crippen LogP contribution in [0.3, 0.4) is 0 Å². The molecule has 5 rings (SSSR count). The number of sulfonamides is 1. The lowest BCUT2D eigenvalue weighted by molar-refractivity contribution is -0.274. The van der Waals surface area contributed by atoms with Crippen molar-refractivity contribution in [2.24, 2.45) is 0 Å². The third kappa shape index (κ3) is 5.14. The SMILES string of the molecule is N#Cc1ccc2c(c1)c1cc(C#N)ccc1n2C1CCCC(NS(=O)(=O)c2ccc(OC(F)(F)F)cc2)[C@@H]1O. The van der Waals surface area contributed by atoms with Crippen LogP contribution in [0.1, 0.15) is 36.4 Å². The molecule has 1 saturated carbocycles. The van der Waals surface area contributed by atoms with E-state index < -0.39 is 40.3 Å². The number of ether oxygens (including phenoxy) is 1. The van der Waals surface area contributed by atoms with E-state index in [1.54, 1.807) is 36.4 Å². The van der Waals surface area contributed by atoms with Gasteiger partial charge in [0.1, 0.15) is 5.75 Å². The van der Waals surface area contributed by atoms with Gasteiger partial charge in [-0.25, -0.2) is 13.1 Å². The van der Waals surface area contributed by atoms with Gasteiger partial charge in [-0.2, -0.15) is 10.5 Å². The van der Waals surface area contributed by atoms with Crippen molar-refractivity contribution in [2.75, 3.05) is 0 Å². The monoisotopic (exact) mass is 554 g/mol. The van der Waals surface area contributed by atoms with Crippen molar-refractivity contribution < 1.29 is 31.4 Å². The van der Waals surface area contributed by atoms with Crippen molar-refractivity contribution in [3.63, 3.8) is 0 Å². The summed E-state index contributed by atoms with van der Waals surface area (Å²) in [6, 6.07) is 16.9. The summed E-state index contributed by atoms with van der Waals surface area (Å²) in [4.78, 5) is -0.267. The van der Waals surface area contributed by atoms with Crippen LogP contribution in [-0.2, 0) is 10.0 Å². The highest BCUT2D eigenvalue weighted by Gasteiger charge is 2.37. The molecule has 0 radical (unpaired) electrons. The van der Waals surface area contributed by atoms with Gasteiger partial charge in [-0.05, 0) is 79.9 Å². The van der Waals surface area contributed by atoms with Gasteiger partial charge in [0.15, 0.2) is 0 Å². The standard InChI is InChI=1S/C27H21F3N4O4S/c28-27(29,30)38-18-6-8-19(9-7-18)39(36,37)33-22-2-1-3-25(26(22)35)34-23-10-4-16(14-31)12-20(23)21-13-17(15-32)5-11-24(21)34/h4-13,22,25-26,33,35H,1-3H2/t22?,25?,26-/m0/s1. The first-order chi connectivity index (χ1) is 18.5. The maximum atomic E-state index is 13.0. The van der Waals surface area contributed by atoms with Gasteiger partial charge in [0, 0.05) is 21.8 Å². The maximum Gasteiger partial charge on any atom is 0.573 e. The number of aromatic nitrogens is 1. The van der Waals surface area contributed by atoms with E-state index in [4.69, 9.17) is 0 Å². The molecule has 0 spiro atoms. The Morgan fingerprint density at radius 2 is 1.49 bits per heavy atom. The summed E-state index contributed by atoms with van der Waals surface area (Å²) < 4.78 is 71.6. The third-order valence-corrected chi connectivity index (χ3v) is 8.39. The van der Waals surface area contributed by atoms with Crippen molar-refractivity contribution in [1.29, 1.82) is 10.5 Å². The zero-order chi connectivity index (χ0) is 27.9. The number of nitriles is 2. The first-order valence-corrected chi connectivity index (χ1v) is 13.4. The number of aliphatic hydroxyl groups excluding tert-OH is 1. The van der Waals surface area contributed by atoms with E-state index in [9.17, 15) is 37.2 Å². The minimum absolute atomic E-state index is 0.267. The minimum atomic E-state index is -4.90. The minimum Gasteiger partial charge on any atom is -0.406 e. The maximum absolute atomic E-state index is 13.0. The largest absolute Gasteiger partial charge is 0.573 e. The molecule has 8 nitrogen and oxygen atoms in total. The molecule has 1 aromatic heterocycles. The molecule has 12 heteroatoms. The van der Waals surface area contributed by atoms with Crippen molar-refractivity contribution in [1.82, 2.24) is 9.29 Å². The summed E-state index contributed by atoms with van der Waals surface area (Å²) in [5, 5.41) is 31.7. The molecule has 39 heavy (non-hydrogen) atoms. The Morgan fingerprint density at radius 1 is 0.923 bits per heavy atom. The van der Waals surface area contributed by atoms with Gasteiger partial charge < -0.3 is 14.4 Å². The molecule has 0 amide bonds. The zero-order valence-electron chi connectivity index (χ0n) is 20.2. The van der Waals surface area contributed by atoms with Gasteiger partial charge in [0.2, 0.25) is 10.0 Å². The average Bonchev–Trinajstić information content (AvgIpc) is 3.21. The molecule has 2 unspecified atom stereocenters. The molecule has 200 valence electrons. The summed E-state index contributed by atoms with van der Waals surface area (Å²) in [5.74, 6) is -0.551. The van der Waals surface area contributed by atoms with Gasteiger partial charge >= 0.3 is 6.36 Å². The molecule has 1 fully saturated rings. The Hall–Kier alpha value is -4.10. The fourth-order valence-electron chi connectivity index (χ4n) is 5.20. The highest BCUT2D eigenvalue weighted by atomic mass is 32.2. The summed E-state index contributed by atoms with van der Waals surface area (Å²) in [5.41, 5.74) is 2.33. The number of hydrogen-bond acceptors (Lipinski definition) is 6. The molecule has 0 bridgehead atoms. The number of hydrogen-bond donors (Lipinski definition) is 2. The van der Waals surface area contributed by atoms with Gasteiger partial charge in [0.05, 0.1) is 46.3 Å². The quantitative estimate of drug-likeness (QED) is 0.362. The Kier molecular flexibility index (Phi) is 6.72. The topological polar surface area (TPSA) is 128 Å². The molecule has 3 aromatic carbocycles. The number of nitrogens with one attached hydrogen (secondary N) is 1. The van der Waals surface area contributed by atoms with Crippen LogP contribution in [0.4, 0.5) is 13.2 Å². The zero-order valence-corrected chi connectivity index (χ0v) is 21.0. The molecule has 4 aromatic rings. The fraction of sp³-hybridized carbons (Fsp3) is 0.259. The third-order valence-electron chi connectivity index (χ3n) is 6.89. The first kappa shape index (κ1) is 26.5. The molecule has 1 aliphatic carbocycles. The number of halogens is 3. The highest BCUT2D eigenvalue weighted by Crippen LogP contribution is 2.39. The van der Waals surface area contributed by atoms with Crippen LogP contribution < -0.4 is 9.46 Å². The normalized spacial score (nSPS) is 20.0.